The number of hydrogen-bond donors (Lipinski definition) is 5. The smallest absolute Gasteiger partial charge is 0.335 e. The molecule has 0 amide bonds. The minimum Gasteiger partial charge on any atom is -0.478 e. The fourth-order valence-electron chi connectivity index (χ4n) is 1.57. The SMILES string of the molecule is Nc1cc(C(=O)O)cc(C(=O)O)c1.Nc1cccc(C(=O)O)c1. The van der Waals surface area contributed by atoms with Gasteiger partial charge in [0.25, 0.3) is 0 Å². The van der Waals surface area contributed by atoms with Crippen LogP contribution >= 0.6 is 0 Å². The standard InChI is InChI=1S/C8H7NO4.C7H7NO2/c9-6-2-4(7(10)11)1-5(3-6)8(12)13;8-6-3-1-2-5(4-6)7(9)10/h1-3H,9H2,(H,10,11)(H,12,13);1-4H,8H2,(H,9,10). The van der Waals surface area contributed by atoms with Gasteiger partial charge >= 0.3 is 17.9 Å². The lowest BCUT2D eigenvalue weighted by molar-refractivity contribution is 0.0682. The van der Waals surface area contributed by atoms with Crippen LogP contribution in [0.5, 0.6) is 0 Å². The molecule has 0 atom stereocenters. The zero-order valence-electron chi connectivity index (χ0n) is 11.8. The van der Waals surface area contributed by atoms with Gasteiger partial charge < -0.3 is 26.8 Å². The van der Waals surface area contributed by atoms with Crippen molar-refractivity contribution in [3.05, 3.63) is 59.2 Å². The Morgan fingerprint density at radius 2 is 1.09 bits per heavy atom. The van der Waals surface area contributed by atoms with Crippen molar-refractivity contribution < 1.29 is 29.7 Å². The van der Waals surface area contributed by atoms with E-state index in [2.05, 4.69) is 0 Å². The molecule has 8 nitrogen and oxygen atoms in total. The molecule has 0 spiro atoms. The Bertz CT molecular complexity index is 725. The number of aromatic carboxylic acids is 3. The molecule has 2 aromatic rings. The largest absolute Gasteiger partial charge is 0.478 e. The molecule has 120 valence electrons. The van der Waals surface area contributed by atoms with Crippen molar-refractivity contribution >= 4 is 29.3 Å². The number of benzene rings is 2. The molecule has 0 fully saturated rings. The van der Waals surface area contributed by atoms with Crippen LogP contribution in [-0.2, 0) is 0 Å². The van der Waals surface area contributed by atoms with Gasteiger partial charge in [-0.1, -0.05) is 6.07 Å². The van der Waals surface area contributed by atoms with Crippen molar-refractivity contribution in [2.24, 2.45) is 0 Å². The Kier molecular flexibility index (Phi) is 5.67. The molecule has 23 heavy (non-hydrogen) atoms. The molecule has 0 saturated heterocycles. The lowest BCUT2D eigenvalue weighted by Crippen LogP contribution is -2.03. The number of carboxylic acids is 3. The molecule has 7 N–H and O–H groups in total. The summed E-state index contributed by atoms with van der Waals surface area (Å²) in [6, 6.07) is 9.64. The fraction of sp³-hybridized carbons (Fsp3) is 0. The van der Waals surface area contributed by atoms with Gasteiger partial charge in [-0.3, -0.25) is 0 Å². The van der Waals surface area contributed by atoms with E-state index in [1.165, 1.54) is 24.3 Å². The van der Waals surface area contributed by atoms with Crippen molar-refractivity contribution in [2.45, 2.75) is 0 Å². The van der Waals surface area contributed by atoms with Crippen LogP contribution in [0.25, 0.3) is 0 Å². The summed E-state index contributed by atoms with van der Waals surface area (Å²) < 4.78 is 0. The Morgan fingerprint density at radius 1 is 0.652 bits per heavy atom. The van der Waals surface area contributed by atoms with Crippen molar-refractivity contribution in [3.63, 3.8) is 0 Å². The summed E-state index contributed by atoms with van der Waals surface area (Å²) in [7, 11) is 0. The van der Waals surface area contributed by atoms with E-state index in [1.807, 2.05) is 0 Å². The second kappa shape index (κ2) is 7.46. The van der Waals surface area contributed by atoms with Gasteiger partial charge in [-0.25, -0.2) is 14.4 Å². The number of anilines is 2. The number of carbonyl (C=O) groups is 3. The molecule has 0 aliphatic carbocycles. The van der Waals surface area contributed by atoms with Crippen LogP contribution in [0.2, 0.25) is 0 Å². The van der Waals surface area contributed by atoms with Gasteiger partial charge in [0.1, 0.15) is 0 Å². The minimum atomic E-state index is -1.20. The van der Waals surface area contributed by atoms with Crippen LogP contribution in [0.3, 0.4) is 0 Å². The van der Waals surface area contributed by atoms with E-state index < -0.39 is 17.9 Å². The van der Waals surface area contributed by atoms with Crippen LogP contribution in [0.15, 0.2) is 42.5 Å². The van der Waals surface area contributed by atoms with E-state index >= 15 is 0 Å². The lowest BCUT2D eigenvalue weighted by atomic mass is 10.1. The first-order valence-electron chi connectivity index (χ1n) is 6.16. The highest BCUT2D eigenvalue weighted by Crippen LogP contribution is 2.12. The quantitative estimate of drug-likeness (QED) is 0.533. The number of rotatable bonds is 3. The van der Waals surface area contributed by atoms with Gasteiger partial charge in [0.05, 0.1) is 16.7 Å². The highest BCUT2D eigenvalue weighted by Gasteiger charge is 2.09. The molecular formula is C15H14N2O6. The second-order valence-corrected chi connectivity index (χ2v) is 4.38. The molecule has 2 rings (SSSR count). The molecule has 2 aromatic carbocycles. The van der Waals surface area contributed by atoms with E-state index in [0.29, 0.717) is 5.69 Å². The zero-order chi connectivity index (χ0) is 17.6. The van der Waals surface area contributed by atoms with Gasteiger partial charge in [-0.05, 0) is 36.4 Å². The van der Waals surface area contributed by atoms with Gasteiger partial charge in [-0.15, -0.1) is 0 Å². The van der Waals surface area contributed by atoms with Crippen LogP contribution < -0.4 is 11.5 Å². The van der Waals surface area contributed by atoms with E-state index in [9.17, 15) is 14.4 Å². The first kappa shape index (κ1) is 17.5. The maximum Gasteiger partial charge on any atom is 0.335 e. The number of nitrogens with two attached hydrogens (primary N) is 2. The van der Waals surface area contributed by atoms with Crippen molar-refractivity contribution in [1.82, 2.24) is 0 Å². The van der Waals surface area contributed by atoms with E-state index in [-0.39, 0.29) is 22.4 Å². The summed E-state index contributed by atoms with van der Waals surface area (Å²) in [5.41, 5.74) is 11.2. The van der Waals surface area contributed by atoms with Crippen LogP contribution in [-0.4, -0.2) is 33.2 Å². The molecule has 0 aromatic heterocycles. The van der Waals surface area contributed by atoms with Gasteiger partial charge in [0, 0.05) is 11.4 Å². The summed E-state index contributed by atoms with van der Waals surface area (Å²) in [5, 5.41) is 25.6. The van der Waals surface area contributed by atoms with Gasteiger partial charge in [0.2, 0.25) is 0 Å². The third kappa shape index (κ3) is 5.38. The monoisotopic (exact) mass is 318 g/mol. The lowest BCUT2D eigenvalue weighted by Gasteiger charge is -1.99. The molecule has 8 heteroatoms. The highest BCUT2D eigenvalue weighted by molar-refractivity contribution is 5.95. The molecule has 0 aliphatic rings. The molecular weight excluding hydrogens is 304 g/mol. The molecule has 0 aliphatic heterocycles. The fourth-order valence-corrected chi connectivity index (χ4v) is 1.57. The first-order chi connectivity index (χ1) is 10.7. The topological polar surface area (TPSA) is 164 Å². The third-order valence-electron chi connectivity index (χ3n) is 2.58. The predicted octanol–water partition coefficient (Wildman–Crippen LogP) is 1.63. The summed E-state index contributed by atoms with van der Waals surface area (Å²) in [5.74, 6) is -3.35. The van der Waals surface area contributed by atoms with E-state index in [1.54, 1.807) is 12.1 Å². The summed E-state index contributed by atoms with van der Waals surface area (Å²) in [6.45, 7) is 0. The predicted molar refractivity (Wildman–Crippen MR) is 82.6 cm³/mol. The maximum absolute atomic E-state index is 10.5. The summed E-state index contributed by atoms with van der Waals surface area (Å²) in [4.78, 5) is 31.3. The maximum atomic E-state index is 10.5. The van der Waals surface area contributed by atoms with Crippen molar-refractivity contribution in [1.29, 1.82) is 0 Å². The summed E-state index contributed by atoms with van der Waals surface area (Å²) in [6.07, 6.45) is 0. The average molecular weight is 318 g/mol. The number of hydrogen-bond acceptors (Lipinski definition) is 5. The van der Waals surface area contributed by atoms with E-state index in [4.69, 9.17) is 26.8 Å². The van der Waals surface area contributed by atoms with Gasteiger partial charge in [-0.2, -0.15) is 0 Å². The second-order valence-electron chi connectivity index (χ2n) is 4.38. The van der Waals surface area contributed by atoms with Crippen molar-refractivity contribution in [2.75, 3.05) is 11.5 Å². The minimum absolute atomic E-state index is 0.123. The Balaban J connectivity index is 0.000000238. The zero-order valence-corrected chi connectivity index (χ0v) is 11.8. The van der Waals surface area contributed by atoms with Crippen LogP contribution in [0.4, 0.5) is 11.4 Å². The molecule has 0 heterocycles. The average Bonchev–Trinajstić information content (AvgIpc) is 2.47. The third-order valence-corrected chi connectivity index (χ3v) is 2.58. The van der Waals surface area contributed by atoms with Crippen LogP contribution in [0, 0.1) is 0 Å². The Labute approximate surface area is 130 Å². The highest BCUT2D eigenvalue weighted by atomic mass is 16.4. The molecule has 0 saturated carbocycles. The van der Waals surface area contributed by atoms with Crippen LogP contribution in [0.1, 0.15) is 31.1 Å². The summed E-state index contributed by atoms with van der Waals surface area (Å²) >= 11 is 0. The van der Waals surface area contributed by atoms with E-state index in [0.717, 1.165) is 6.07 Å². The number of nitrogen functional groups attached to an aromatic ring is 2. The Hall–Kier alpha value is -3.55. The van der Waals surface area contributed by atoms with Gasteiger partial charge in [0.15, 0.2) is 0 Å². The normalized spacial score (nSPS) is 9.39. The first-order valence-corrected chi connectivity index (χ1v) is 6.16. The molecule has 0 unspecified atom stereocenters. The van der Waals surface area contributed by atoms with Crippen molar-refractivity contribution in [3.8, 4) is 0 Å². The molecule has 0 radical (unpaired) electrons. The number of carboxylic acid groups (broad SMARTS) is 3. The Morgan fingerprint density at radius 3 is 1.43 bits per heavy atom. The molecule has 0 bridgehead atoms.